The molecule has 2 N–H and O–H groups in total. The van der Waals surface area contributed by atoms with Gasteiger partial charge in [-0.25, -0.2) is 0 Å². The van der Waals surface area contributed by atoms with Gasteiger partial charge >= 0.3 is 11.9 Å². The number of Topliss-reactive ketones (excluding diaryl/α,β-unsaturated/α-hetero) is 1. The van der Waals surface area contributed by atoms with E-state index in [0.29, 0.717) is 48.5 Å². The van der Waals surface area contributed by atoms with Crippen LogP contribution in [0.5, 0.6) is 0 Å². The van der Waals surface area contributed by atoms with Gasteiger partial charge in [-0.2, -0.15) is 5.26 Å². The zero-order valence-corrected chi connectivity index (χ0v) is 36.8. The Labute approximate surface area is 346 Å². The SMILES string of the molecule is CNCCn1c(C[C@@]23CC[C@]4(C)[C@H](CC[C@@H]5[C@@]6(C)CC[C@H](OC(=O)CC(C)(C)C(=O)O)C(C)(C)C6CC[C@]54C)C2=C(C(C)C)C(=O)C3)nnc1-c1ccc(C#N)cc1. The Hall–Kier alpha value is -3.84. The molecule has 2 aromatic rings. The van der Waals surface area contributed by atoms with E-state index in [4.69, 9.17) is 14.9 Å². The van der Waals surface area contributed by atoms with Crippen LogP contribution in [0.25, 0.3) is 11.4 Å². The number of hydrogen-bond acceptors (Lipinski definition) is 8. The van der Waals surface area contributed by atoms with E-state index in [-0.39, 0.29) is 45.5 Å². The van der Waals surface area contributed by atoms with Gasteiger partial charge in [0.1, 0.15) is 11.9 Å². The lowest BCUT2D eigenvalue weighted by atomic mass is 9.33. The molecule has 4 saturated carbocycles. The van der Waals surface area contributed by atoms with Crippen molar-refractivity contribution in [2.24, 2.45) is 56.2 Å². The Morgan fingerprint density at radius 1 is 0.983 bits per heavy atom. The lowest BCUT2D eigenvalue weighted by Crippen LogP contribution is -2.65. The number of ketones is 1. The second-order valence-electron chi connectivity index (χ2n) is 21.2. The van der Waals surface area contributed by atoms with Crippen LogP contribution in [0.2, 0.25) is 0 Å². The van der Waals surface area contributed by atoms with Gasteiger partial charge in [-0.15, -0.1) is 10.2 Å². The largest absolute Gasteiger partial charge is 0.481 e. The molecule has 0 spiro atoms. The first-order valence-corrected chi connectivity index (χ1v) is 22.0. The van der Waals surface area contributed by atoms with Crippen LogP contribution in [0, 0.1) is 67.5 Å². The number of esters is 1. The van der Waals surface area contributed by atoms with E-state index in [1.165, 1.54) is 5.57 Å². The van der Waals surface area contributed by atoms with Crippen LogP contribution in [0.4, 0.5) is 0 Å². The van der Waals surface area contributed by atoms with Crippen molar-refractivity contribution in [1.82, 2.24) is 20.1 Å². The van der Waals surface area contributed by atoms with E-state index in [1.54, 1.807) is 13.8 Å². The number of likely N-dealkylation sites (N-methyl/N-ethyl adjacent to an activating group) is 1. The molecule has 0 amide bonds. The number of nitriles is 1. The molecule has 0 radical (unpaired) electrons. The van der Waals surface area contributed by atoms with Crippen LogP contribution in [-0.2, 0) is 32.1 Å². The predicted octanol–water partition coefficient (Wildman–Crippen LogP) is 8.97. The first-order chi connectivity index (χ1) is 27.2. The summed E-state index contributed by atoms with van der Waals surface area (Å²) < 4.78 is 8.44. The third kappa shape index (κ3) is 6.48. The maximum Gasteiger partial charge on any atom is 0.309 e. The number of carboxylic acid groups (broad SMARTS) is 1. The molecule has 1 unspecified atom stereocenters. The number of allylic oxidation sites excluding steroid dienone is 2. The molecule has 58 heavy (non-hydrogen) atoms. The van der Waals surface area contributed by atoms with Crippen LogP contribution in [0.3, 0.4) is 0 Å². The zero-order chi connectivity index (χ0) is 42.2. The Bertz CT molecular complexity index is 2040. The summed E-state index contributed by atoms with van der Waals surface area (Å²) in [4.78, 5) is 39.4. The number of rotatable bonds is 11. The van der Waals surface area contributed by atoms with Gasteiger partial charge in [-0.1, -0.05) is 54.0 Å². The Balaban J connectivity index is 1.20. The second kappa shape index (κ2) is 14.7. The summed E-state index contributed by atoms with van der Waals surface area (Å²) in [7, 11) is 1.95. The Morgan fingerprint density at radius 3 is 2.33 bits per heavy atom. The molecule has 0 aliphatic heterocycles. The van der Waals surface area contributed by atoms with Crippen molar-refractivity contribution in [3.8, 4) is 17.5 Å². The highest BCUT2D eigenvalue weighted by Gasteiger charge is 2.70. The number of carbonyl (C=O) groups excluding carboxylic acids is 2. The maximum absolute atomic E-state index is 14.4. The number of carboxylic acids is 1. The maximum atomic E-state index is 14.4. The van der Waals surface area contributed by atoms with E-state index in [0.717, 1.165) is 80.7 Å². The zero-order valence-electron chi connectivity index (χ0n) is 36.8. The number of fused-ring (bicyclic) bond motifs is 7. The fourth-order valence-electron chi connectivity index (χ4n) is 13.9. The number of hydrogen-bond donors (Lipinski definition) is 2. The van der Waals surface area contributed by atoms with Gasteiger partial charge in [0.25, 0.3) is 0 Å². The minimum absolute atomic E-state index is 0.0107. The van der Waals surface area contributed by atoms with Crippen molar-refractivity contribution >= 4 is 17.7 Å². The van der Waals surface area contributed by atoms with Crippen LogP contribution in [0.1, 0.15) is 138 Å². The Kier molecular flexibility index (Phi) is 10.7. The lowest BCUT2D eigenvalue weighted by Gasteiger charge is -2.72. The van der Waals surface area contributed by atoms with Gasteiger partial charge in [-0.05, 0) is 142 Å². The van der Waals surface area contributed by atoms with Crippen LogP contribution in [-0.4, -0.2) is 57.3 Å². The van der Waals surface area contributed by atoms with Crippen molar-refractivity contribution < 1.29 is 24.2 Å². The van der Waals surface area contributed by atoms with Gasteiger partial charge < -0.3 is 19.7 Å². The molecule has 1 heterocycles. The minimum Gasteiger partial charge on any atom is -0.481 e. The fraction of sp³-hybridized carbons (Fsp3) is 0.708. The van der Waals surface area contributed by atoms with E-state index < -0.39 is 17.4 Å². The van der Waals surface area contributed by atoms with Gasteiger partial charge in [0.15, 0.2) is 11.6 Å². The van der Waals surface area contributed by atoms with Gasteiger partial charge in [0.2, 0.25) is 0 Å². The highest BCUT2D eigenvalue weighted by Crippen LogP contribution is 2.77. The third-order valence-corrected chi connectivity index (χ3v) is 17.1. The molecule has 8 atom stereocenters. The number of nitrogens with zero attached hydrogens (tertiary/aromatic N) is 4. The quantitative estimate of drug-likeness (QED) is 0.213. The average molecular weight is 794 g/mol. The molecule has 1 aromatic carbocycles. The molecule has 7 rings (SSSR count). The number of carbonyl (C=O) groups is 3. The lowest BCUT2D eigenvalue weighted by molar-refractivity contribution is -0.233. The molecule has 1 aromatic heterocycles. The van der Waals surface area contributed by atoms with Gasteiger partial charge in [-0.3, -0.25) is 14.4 Å². The number of nitrogens with one attached hydrogen (secondary N) is 1. The van der Waals surface area contributed by atoms with E-state index >= 15 is 0 Å². The van der Waals surface area contributed by atoms with Crippen molar-refractivity contribution in [3.63, 3.8) is 0 Å². The topological polar surface area (TPSA) is 147 Å². The van der Waals surface area contributed by atoms with E-state index in [9.17, 15) is 24.8 Å². The monoisotopic (exact) mass is 794 g/mol. The summed E-state index contributed by atoms with van der Waals surface area (Å²) in [6.07, 6.45) is 8.92. The molecule has 0 saturated heterocycles. The van der Waals surface area contributed by atoms with Crippen molar-refractivity contribution in [1.29, 1.82) is 5.26 Å². The summed E-state index contributed by atoms with van der Waals surface area (Å²) in [5.74, 6) is 1.93. The summed E-state index contributed by atoms with van der Waals surface area (Å²) >= 11 is 0. The van der Waals surface area contributed by atoms with Crippen molar-refractivity contribution in [2.75, 3.05) is 13.6 Å². The third-order valence-electron chi connectivity index (χ3n) is 17.1. The first kappa shape index (κ1) is 42.3. The highest BCUT2D eigenvalue weighted by molar-refractivity contribution is 6.00. The number of ether oxygens (including phenoxy) is 1. The molecule has 0 bridgehead atoms. The summed E-state index contributed by atoms with van der Waals surface area (Å²) in [5.41, 5.74) is 2.46. The summed E-state index contributed by atoms with van der Waals surface area (Å²) in [6.45, 7) is 21.3. The molecular weight excluding hydrogens is 727 g/mol. The summed E-state index contributed by atoms with van der Waals surface area (Å²) in [5, 5.41) is 32.0. The van der Waals surface area contributed by atoms with Gasteiger partial charge in [0.05, 0.1) is 23.5 Å². The number of aromatic nitrogens is 3. The molecule has 5 aliphatic rings. The summed E-state index contributed by atoms with van der Waals surface area (Å²) in [6, 6.07) is 9.77. The average Bonchev–Trinajstić information content (AvgIpc) is 3.68. The molecule has 10 nitrogen and oxygen atoms in total. The van der Waals surface area contributed by atoms with Gasteiger partial charge in [0, 0.05) is 42.3 Å². The predicted molar refractivity (Wildman–Crippen MR) is 223 cm³/mol. The Morgan fingerprint density at radius 2 is 1.69 bits per heavy atom. The standard InChI is InChI=1S/C48H67N5O5/c1-29(2)39-33(54)25-48(26-37-51-52-41(53(37)24-23-50-10)31-13-11-30(28-49)12-14-31)22-21-46(8)32(40(39)48)15-16-35-45(7)19-18-36(58-38(55)27-43(3,4)42(56)57)44(5,6)34(45)17-20-47(35,46)9/h11-14,29,32,34-36,50H,15-27H2,1-10H3,(H,56,57)/t32-,34?,35-,36+,45+,46-,47-,48+/m1/s1. The van der Waals surface area contributed by atoms with Crippen LogP contribution in [0.15, 0.2) is 35.4 Å². The number of benzene rings is 1. The fourth-order valence-corrected chi connectivity index (χ4v) is 13.9. The van der Waals surface area contributed by atoms with Crippen molar-refractivity contribution in [2.45, 2.75) is 146 Å². The normalized spacial score (nSPS) is 34.1. The van der Waals surface area contributed by atoms with Crippen LogP contribution >= 0.6 is 0 Å². The van der Waals surface area contributed by atoms with E-state index in [2.05, 4.69) is 64.4 Å². The molecule has 10 heteroatoms. The van der Waals surface area contributed by atoms with Crippen molar-refractivity contribution in [3.05, 3.63) is 46.8 Å². The highest BCUT2D eigenvalue weighted by atomic mass is 16.5. The molecule has 4 fully saturated rings. The number of aliphatic carboxylic acids is 1. The molecular formula is C48H67N5O5. The smallest absolute Gasteiger partial charge is 0.309 e. The first-order valence-electron chi connectivity index (χ1n) is 22.0. The molecule has 314 valence electrons. The second-order valence-corrected chi connectivity index (χ2v) is 21.2. The minimum atomic E-state index is -1.17. The molecule has 5 aliphatic carbocycles. The van der Waals surface area contributed by atoms with E-state index in [1.807, 2.05) is 31.3 Å². The van der Waals surface area contributed by atoms with Crippen LogP contribution < -0.4 is 5.32 Å².